The molecule has 0 fully saturated rings. The highest BCUT2D eigenvalue weighted by Gasteiger charge is 2.30. The van der Waals surface area contributed by atoms with Crippen LogP contribution in [0.25, 0.3) is 0 Å². The molecule has 0 aliphatic rings. The van der Waals surface area contributed by atoms with Gasteiger partial charge in [-0.3, -0.25) is 0 Å². The van der Waals surface area contributed by atoms with Crippen molar-refractivity contribution in [2.24, 2.45) is 10.7 Å². The molecule has 0 heterocycles. The van der Waals surface area contributed by atoms with E-state index >= 15 is 0 Å². The third kappa shape index (κ3) is 6.91. The fourth-order valence-corrected chi connectivity index (χ4v) is 1.40. The van der Waals surface area contributed by atoms with Gasteiger partial charge < -0.3 is 5.73 Å². The SMILES string of the molecule is C/C=C(\N)C(F)(F)F.S=C=NCc1cccc(Cl)c1Cl. The van der Waals surface area contributed by atoms with Crippen molar-refractivity contribution >= 4 is 40.6 Å². The summed E-state index contributed by atoms with van der Waals surface area (Å²) in [6, 6.07) is 5.40. The number of nitrogens with zero attached hydrogens (tertiary/aromatic N) is 1. The third-order valence-corrected chi connectivity index (χ3v) is 2.97. The quantitative estimate of drug-likeness (QED) is 0.606. The Labute approximate surface area is 130 Å². The Balaban J connectivity index is 0.000000396. The lowest BCUT2D eigenvalue weighted by molar-refractivity contribution is -0.0927. The Kier molecular flexibility index (Phi) is 8.49. The highest BCUT2D eigenvalue weighted by molar-refractivity contribution is 7.78. The average Bonchev–Trinajstić information content (AvgIpc) is 2.39. The zero-order valence-electron chi connectivity index (χ0n) is 10.3. The Hall–Kier alpha value is -1.07. The largest absolute Gasteiger partial charge is 0.430 e. The summed E-state index contributed by atoms with van der Waals surface area (Å²) < 4.78 is 33.8. The van der Waals surface area contributed by atoms with E-state index in [9.17, 15) is 13.2 Å². The van der Waals surface area contributed by atoms with Crippen LogP contribution in [0.2, 0.25) is 10.0 Å². The van der Waals surface area contributed by atoms with Gasteiger partial charge in [-0.15, -0.1) is 0 Å². The van der Waals surface area contributed by atoms with Gasteiger partial charge in [0.1, 0.15) is 5.70 Å². The number of isothiocyanates is 1. The molecule has 20 heavy (non-hydrogen) atoms. The van der Waals surface area contributed by atoms with E-state index in [1.54, 1.807) is 6.07 Å². The summed E-state index contributed by atoms with van der Waals surface area (Å²) in [7, 11) is 0. The summed E-state index contributed by atoms with van der Waals surface area (Å²) in [6.45, 7) is 1.67. The van der Waals surface area contributed by atoms with Crippen molar-refractivity contribution in [3.63, 3.8) is 0 Å². The van der Waals surface area contributed by atoms with Crippen molar-refractivity contribution in [3.8, 4) is 0 Å². The Morgan fingerprint density at radius 3 is 2.45 bits per heavy atom. The van der Waals surface area contributed by atoms with E-state index in [4.69, 9.17) is 23.2 Å². The number of nitrogens with two attached hydrogens (primary N) is 1. The summed E-state index contributed by atoms with van der Waals surface area (Å²) >= 11 is 16.1. The molecule has 0 bridgehead atoms. The van der Waals surface area contributed by atoms with Gasteiger partial charge in [-0.25, -0.2) is 4.99 Å². The summed E-state index contributed by atoms with van der Waals surface area (Å²) in [5.74, 6) is 0. The molecule has 8 heteroatoms. The number of benzene rings is 1. The molecule has 2 N–H and O–H groups in total. The van der Waals surface area contributed by atoms with Crippen molar-refractivity contribution in [2.45, 2.75) is 19.6 Å². The van der Waals surface area contributed by atoms with Gasteiger partial charge in [0, 0.05) is 0 Å². The van der Waals surface area contributed by atoms with Gasteiger partial charge in [0.25, 0.3) is 0 Å². The van der Waals surface area contributed by atoms with Gasteiger partial charge in [-0.1, -0.05) is 41.4 Å². The average molecular weight is 343 g/mol. The smallest absolute Gasteiger partial charge is 0.395 e. The normalized spacial score (nSPS) is 11.2. The van der Waals surface area contributed by atoms with Crippen molar-refractivity contribution in [3.05, 3.63) is 45.6 Å². The van der Waals surface area contributed by atoms with E-state index in [1.165, 1.54) is 6.92 Å². The Morgan fingerprint density at radius 1 is 1.45 bits per heavy atom. The number of allylic oxidation sites excluding steroid dienone is 2. The first-order chi connectivity index (χ1) is 9.23. The fraction of sp³-hybridized carbons (Fsp3) is 0.250. The van der Waals surface area contributed by atoms with Crippen LogP contribution >= 0.6 is 35.4 Å². The number of thiocarbonyl (C=S) groups is 1. The second-order valence-electron chi connectivity index (χ2n) is 3.36. The van der Waals surface area contributed by atoms with Gasteiger partial charge >= 0.3 is 6.18 Å². The van der Waals surface area contributed by atoms with Crippen LogP contribution in [0.4, 0.5) is 13.2 Å². The highest BCUT2D eigenvalue weighted by Crippen LogP contribution is 2.25. The lowest BCUT2D eigenvalue weighted by Crippen LogP contribution is -2.18. The molecule has 0 amide bonds. The van der Waals surface area contributed by atoms with E-state index in [0.29, 0.717) is 16.6 Å². The molecule has 0 spiro atoms. The zero-order valence-corrected chi connectivity index (χ0v) is 12.7. The maximum Gasteiger partial charge on any atom is 0.430 e. The summed E-state index contributed by atoms with van der Waals surface area (Å²) in [6.07, 6.45) is -3.53. The van der Waals surface area contributed by atoms with Gasteiger partial charge in [0.05, 0.1) is 21.8 Å². The lowest BCUT2D eigenvalue weighted by atomic mass is 10.2. The topological polar surface area (TPSA) is 38.4 Å². The third-order valence-electron chi connectivity index (χ3n) is 1.98. The summed E-state index contributed by atoms with van der Waals surface area (Å²) in [5.41, 5.74) is 4.30. The molecule has 0 saturated carbocycles. The molecule has 0 aliphatic heterocycles. The molecule has 0 saturated heterocycles. The number of halogens is 5. The molecule has 1 rings (SSSR count). The van der Waals surface area contributed by atoms with Crippen LogP contribution in [0.3, 0.4) is 0 Å². The van der Waals surface area contributed by atoms with Crippen LogP contribution in [-0.2, 0) is 6.54 Å². The monoisotopic (exact) mass is 342 g/mol. The summed E-state index contributed by atoms with van der Waals surface area (Å²) in [4.78, 5) is 3.77. The first-order valence-electron chi connectivity index (χ1n) is 5.19. The molecular weight excluding hydrogens is 332 g/mol. The van der Waals surface area contributed by atoms with Crippen LogP contribution in [0.5, 0.6) is 0 Å². The lowest BCUT2D eigenvalue weighted by Gasteiger charge is -2.03. The highest BCUT2D eigenvalue weighted by atomic mass is 35.5. The van der Waals surface area contributed by atoms with Crippen LogP contribution in [0.1, 0.15) is 12.5 Å². The maximum absolute atomic E-state index is 11.3. The molecule has 0 aromatic heterocycles. The van der Waals surface area contributed by atoms with Gasteiger partial charge in [0.15, 0.2) is 0 Å². The molecule has 0 aliphatic carbocycles. The minimum atomic E-state index is -4.35. The number of aliphatic imine (C=N–C) groups is 1. The van der Waals surface area contributed by atoms with Gasteiger partial charge in [-0.05, 0) is 30.8 Å². The van der Waals surface area contributed by atoms with Crippen LogP contribution in [0.15, 0.2) is 35.0 Å². The minimum Gasteiger partial charge on any atom is -0.395 e. The number of hydrogen-bond donors (Lipinski definition) is 1. The molecule has 0 unspecified atom stereocenters. The molecule has 1 aromatic carbocycles. The molecule has 110 valence electrons. The van der Waals surface area contributed by atoms with Gasteiger partial charge in [0.2, 0.25) is 0 Å². The number of hydrogen-bond acceptors (Lipinski definition) is 3. The minimum absolute atomic E-state index is 0.433. The van der Waals surface area contributed by atoms with Crippen molar-refractivity contribution in [1.29, 1.82) is 0 Å². The second kappa shape index (κ2) is 8.97. The number of rotatable bonds is 2. The summed E-state index contributed by atoms with van der Waals surface area (Å²) in [5, 5.41) is 3.34. The molecule has 1 aromatic rings. The number of alkyl halides is 3. The van der Waals surface area contributed by atoms with Crippen molar-refractivity contribution < 1.29 is 13.2 Å². The Morgan fingerprint density at radius 2 is 2.05 bits per heavy atom. The van der Waals surface area contributed by atoms with Crippen molar-refractivity contribution in [1.82, 2.24) is 0 Å². The molecular formula is C12H11Cl2F3N2S. The molecule has 0 atom stereocenters. The Bertz CT molecular complexity index is 524. The van der Waals surface area contributed by atoms with Crippen molar-refractivity contribution in [2.75, 3.05) is 0 Å². The van der Waals surface area contributed by atoms with E-state index in [2.05, 4.69) is 28.1 Å². The maximum atomic E-state index is 11.3. The second-order valence-corrected chi connectivity index (χ2v) is 4.33. The first kappa shape index (κ1) is 18.9. The predicted octanol–water partition coefficient (Wildman–Crippen LogP) is 5.01. The standard InChI is InChI=1S/C8H5Cl2NS.C4H6F3N/c9-7-3-1-2-6(8(7)10)4-11-5-12;1-2-3(8)4(5,6)7/h1-3H,4H2;2H,8H2,1H3/b;3-2-. The van der Waals surface area contributed by atoms with E-state index < -0.39 is 11.9 Å². The fourth-order valence-electron chi connectivity index (χ4n) is 0.952. The van der Waals surface area contributed by atoms with Crippen LogP contribution in [-0.4, -0.2) is 11.3 Å². The zero-order chi connectivity index (χ0) is 15.8. The van der Waals surface area contributed by atoms with Crippen LogP contribution < -0.4 is 5.73 Å². The van der Waals surface area contributed by atoms with E-state index in [1.807, 2.05) is 12.1 Å². The molecule has 2 nitrogen and oxygen atoms in total. The molecule has 0 radical (unpaired) electrons. The van der Waals surface area contributed by atoms with E-state index in [-0.39, 0.29) is 0 Å². The van der Waals surface area contributed by atoms with Crippen LogP contribution in [0, 0.1) is 0 Å². The first-order valence-corrected chi connectivity index (χ1v) is 6.36. The van der Waals surface area contributed by atoms with E-state index in [0.717, 1.165) is 11.6 Å². The predicted molar refractivity (Wildman–Crippen MR) is 79.2 cm³/mol. The van der Waals surface area contributed by atoms with Gasteiger partial charge in [-0.2, -0.15) is 13.2 Å².